The summed E-state index contributed by atoms with van der Waals surface area (Å²) in [6.07, 6.45) is 2.69. The van der Waals surface area contributed by atoms with E-state index in [1.165, 1.54) is 11.3 Å². The number of aromatic nitrogens is 1. The minimum atomic E-state index is -0.236. The van der Waals surface area contributed by atoms with Crippen molar-refractivity contribution >= 4 is 28.6 Å². The molecular weight excluding hydrogens is 300 g/mol. The van der Waals surface area contributed by atoms with E-state index in [1.807, 2.05) is 24.3 Å². The van der Waals surface area contributed by atoms with E-state index in [0.29, 0.717) is 17.4 Å². The lowest BCUT2D eigenvalue weighted by molar-refractivity contribution is -0.120. The van der Waals surface area contributed by atoms with Crippen LogP contribution >= 0.6 is 11.3 Å². The average Bonchev–Trinajstić information content (AvgIpc) is 2.90. The molecule has 1 amide bonds. The van der Waals surface area contributed by atoms with Crippen molar-refractivity contribution in [1.29, 1.82) is 0 Å². The summed E-state index contributed by atoms with van der Waals surface area (Å²) in [5, 5.41) is 6.14. The first-order chi connectivity index (χ1) is 10.7. The number of thiazole rings is 1. The third-order valence-corrected chi connectivity index (χ3v) is 3.37. The summed E-state index contributed by atoms with van der Waals surface area (Å²) < 4.78 is 5.54. The molecule has 2 rings (SSSR count). The van der Waals surface area contributed by atoms with Crippen molar-refractivity contribution in [2.45, 2.75) is 19.8 Å². The number of carbonyl (C=O) groups is 1. The molecule has 0 saturated carbocycles. The van der Waals surface area contributed by atoms with Crippen LogP contribution in [0.4, 0.5) is 5.13 Å². The number of anilines is 1. The number of ether oxygens (including phenoxy) is 1. The predicted octanol–water partition coefficient (Wildman–Crippen LogP) is 2.21. The quantitative estimate of drug-likeness (QED) is 0.605. The second kappa shape index (κ2) is 8.14. The Kier molecular flexibility index (Phi) is 5.91. The highest BCUT2D eigenvalue weighted by Gasteiger charge is 2.05. The highest BCUT2D eigenvalue weighted by atomic mass is 32.1. The smallest absolute Gasteiger partial charge is 0.246 e. The fraction of sp³-hybridized carbons (Fsp3) is 0.267. The van der Waals surface area contributed by atoms with Gasteiger partial charge in [-0.2, -0.15) is 5.10 Å². The van der Waals surface area contributed by atoms with Crippen molar-refractivity contribution in [3.63, 3.8) is 0 Å². The van der Waals surface area contributed by atoms with Crippen LogP contribution in [0.3, 0.4) is 0 Å². The van der Waals surface area contributed by atoms with E-state index in [2.05, 4.69) is 22.4 Å². The lowest BCUT2D eigenvalue weighted by atomic mass is 10.2. The second-order valence-electron chi connectivity index (χ2n) is 4.57. The molecule has 0 spiro atoms. The molecule has 1 aromatic carbocycles. The number of amides is 1. The minimum absolute atomic E-state index is 0.157. The van der Waals surface area contributed by atoms with Gasteiger partial charge in [0.25, 0.3) is 0 Å². The van der Waals surface area contributed by atoms with Crippen LogP contribution < -0.4 is 15.9 Å². The summed E-state index contributed by atoms with van der Waals surface area (Å²) >= 11 is 1.31. The summed E-state index contributed by atoms with van der Waals surface area (Å²) in [6, 6.07) is 7.52. The Morgan fingerprint density at radius 3 is 3.14 bits per heavy atom. The van der Waals surface area contributed by atoms with E-state index < -0.39 is 0 Å². The van der Waals surface area contributed by atoms with Gasteiger partial charge in [0.2, 0.25) is 5.91 Å². The van der Waals surface area contributed by atoms with E-state index in [4.69, 9.17) is 10.5 Å². The van der Waals surface area contributed by atoms with Crippen molar-refractivity contribution in [1.82, 2.24) is 10.4 Å². The number of nitrogen functional groups attached to an aromatic ring is 1. The summed E-state index contributed by atoms with van der Waals surface area (Å²) in [4.78, 5) is 15.7. The third-order valence-electron chi connectivity index (χ3n) is 2.65. The first-order valence-electron chi connectivity index (χ1n) is 6.92. The number of carbonyl (C=O) groups excluding carboxylic acids is 1. The molecule has 0 aliphatic rings. The van der Waals surface area contributed by atoms with Gasteiger partial charge in [-0.3, -0.25) is 4.79 Å². The molecule has 2 aromatic rings. The zero-order chi connectivity index (χ0) is 15.8. The van der Waals surface area contributed by atoms with Gasteiger partial charge in [0, 0.05) is 5.38 Å². The molecule has 0 bridgehead atoms. The molecule has 116 valence electrons. The Labute approximate surface area is 133 Å². The fourth-order valence-electron chi connectivity index (χ4n) is 1.69. The Bertz CT molecular complexity index is 654. The Balaban J connectivity index is 1.85. The van der Waals surface area contributed by atoms with E-state index in [-0.39, 0.29) is 12.3 Å². The van der Waals surface area contributed by atoms with Gasteiger partial charge in [-0.15, -0.1) is 11.3 Å². The van der Waals surface area contributed by atoms with Crippen molar-refractivity contribution in [3.8, 4) is 5.75 Å². The zero-order valence-corrected chi connectivity index (χ0v) is 13.1. The first-order valence-corrected chi connectivity index (χ1v) is 7.80. The van der Waals surface area contributed by atoms with Gasteiger partial charge in [-0.25, -0.2) is 10.4 Å². The van der Waals surface area contributed by atoms with Crippen LogP contribution in [-0.2, 0) is 11.2 Å². The lowest BCUT2D eigenvalue weighted by Gasteiger charge is -2.04. The normalized spacial score (nSPS) is 10.8. The fourth-order valence-corrected chi connectivity index (χ4v) is 2.25. The standard InChI is InChI=1S/C15H18N4O2S/c1-2-6-21-13-5-3-4-11(7-13)9-17-19-14(20)8-12-10-22-15(16)18-12/h3-5,7,9-10H,2,6,8H2,1H3,(H2,16,18)(H,19,20)/b17-9+. The molecule has 22 heavy (non-hydrogen) atoms. The second-order valence-corrected chi connectivity index (χ2v) is 5.46. The minimum Gasteiger partial charge on any atom is -0.494 e. The number of nitrogens with zero attached hydrogens (tertiary/aromatic N) is 2. The number of hydrogen-bond donors (Lipinski definition) is 2. The van der Waals surface area contributed by atoms with Crippen LogP contribution in [0.25, 0.3) is 0 Å². The first kappa shape index (κ1) is 16.0. The van der Waals surface area contributed by atoms with E-state index >= 15 is 0 Å². The monoisotopic (exact) mass is 318 g/mol. The molecule has 0 fully saturated rings. The molecule has 1 heterocycles. The predicted molar refractivity (Wildman–Crippen MR) is 88.2 cm³/mol. The van der Waals surface area contributed by atoms with E-state index in [0.717, 1.165) is 17.7 Å². The molecule has 3 N–H and O–H groups in total. The Morgan fingerprint density at radius 2 is 2.41 bits per heavy atom. The van der Waals surface area contributed by atoms with E-state index in [1.54, 1.807) is 11.6 Å². The average molecular weight is 318 g/mol. The number of nitrogens with two attached hydrogens (primary N) is 1. The number of hydrogen-bond acceptors (Lipinski definition) is 6. The lowest BCUT2D eigenvalue weighted by Crippen LogP contribution is -2.19. The topological polar surface area (TPSA) is 89.6 Å². The van der Waals surface area contributed by atoms with Gasteiger partial charge >= 0.3 is 0 Å². The number of nitrogens with one attached hydrogen (secondary N) is 1. The molecule has 0 aliphatic carbocycles. The summed E-state index contributed by atoms with van der Waals surface area (Å²) in [7, 11) is 0. The molecule has 0 unspecified atom stereocenters. The molecule has 6 nitrogen and oxygen atoms in total. The third kappa shape index (κ3) is 5.17. The van der Waals surface area contributed by atoms with Crippen LogP contribution in [0.1, 0.15) is 24.6 Å². The van der Waals surface area contributed by atoms with Crippen molar-refractivity contribution < 1.29 is 9.53 Å². The van der Waals surface area contributed by atoms with Crippen LogP contribution in [0.15, 0.2) is 34.7 Å². The number of rotatable bonds is 7. The van der Waals surface area contributed by atoms with Crippen molar-refractivity contribution in [2.24, 2.45) is 5.10 Å². The van der Waals surface area contributed by atoms with Crippen LogP contribution in [-0.4, -0.2) is 23.7 Å². The number of benzene rings is 1. The van der Waals surface area contributed by atoms with Gasteiger partial charge in [-0.1, -0.05) is 19.1 Å². The highest BCUT2D eigenvalue weighted by Crippen LogP contribution is 2.12. The molecular formula is C15H18N4O2S. The van der Waals surface area contributed by atoms with Gasteiger partial charge < -0.3 is 10.5 Å². The van der Waals surface area contributed by atoms with Crippen molar-refractivity contribution in [2.75, 3.05) is 12.3 Å². The molecule has 0 atom stereocenters. The van der Waals surface area contributed by atoms with Gasteiger partial charge in [-0.05, 0) is 24.1 Å². The zero-order valence-electron chi connectivity index (χ0n) is 12.3. The molecule has 7 heteroatoms. The summed E-state index contributed by atoms with van der Waals surface area (Å²) in [5.41, 5.74) is 9.48. The maximum Gasteiger partial charge on any atom is 0.246 e. The molecule has 0 saturated heterocycles. The van der Waals surface area contributed by atoms with Crippen LogP contribution in [0.5, 0.6) is 5.75 Å². The molecule has 0 radical (unpaired) electrons. The van der Waals surface area contributed by atoms with Crippen LogP contribution in [0, 0.1) is 0 Å². The SMILES string of the molecule is CCCOc1cccc(/C=N/NC(=O)Cc2csc(N)n2)c1. The van der Waals surface area contributed by atoms with Gasteiger partial charge in [0.15, 0.2) is 5.13 Å². The Hall–Kier alpha value is -2.41. The highest BCUT2D eigenvalue weighted by molar-refractivity contribution is 7.13. The maximum atomic E-state index is 11.7. The number of hydrazone groups is 1. The Morgan fingerprint density at radius 1 is 1.55 bits per heavy atom. The summed E-state index contributed by atoms with van der Waals surface area (Å²) in [5.74, 6) is 0.551. The molecule has 1 aromatic heterocycles. The van der Waals surface area contributed by atoms with Crippen LogP contribution in [0.2, 0.25) is 0 Å². The van der Waals surface area contributed by atoms with E-state index in [9.17, 15) is 4.79 Å². The van der Waals surface area contributed by atoms with Crippen molar-refractivity contribution in [3.05, 3.63) is 40.9 Å². The molecule has 0 aliphatic heterocycles. The largest absolute Gasteiger partial charge is 0.494 e. The van der Waals surface area contributed by atoms with Gasteiger partial charge in [0.1, 0.15) is 5.75 Å². The maximum absolute atomic E-state index is 11.7. The summed E-state index contributed by atoms with van der Waals surface area (Å²) in [6.45, 7) is 2.73. The van der Waals surface area contributed by atoms with Gasteiger partial charge in [0.05, 0.1) is 24.9 Å².